The van der Waals surface area contributed by atoms with Gasteiger partial charge in [-0.05, 0) is 31.2 Å². The molecule has 1 N–H and O–H groups in total. The summed E-state index contributed by atoms with van der Waals surface area (Å²) in [5.74, 6) is -0.178. The molecule has 0 fully saturated rings. The monoisotopic (exact) mass is 444 g/mol. The maximum absolute atomic E-state index is 12.7. The molecule has 0 bridgehead atoms. The van der Waals surface area contributed by atoms with Crippen LogP contribution in [-0.2, 0) is 12.7 Å². The third kappa shape index (κ3) is 4.45. The highest BCUT2D eigenvalue weighted by molar-refractivity contribution is 7.09. The largest absolute Gasteiger partial charge is 0.417 e. The molecular weight excluding hydrogens is 429 g/mol. The van der Waals surface area contributed by atoms with Crippen molar-refractivity contribution in [3.63, 3.8) is 0 Å². The van der Waals surface area contributed by atoms with Gasteiger partial charge in [-0.15, -0.1) is 11.3 Å². The lowest BCUT2D eigenvalue weighted by Gasteiger charge is -2.08. The van der Waals surface area contributed by atoms with E-state index in [-0.39, 0.29) is 18.3 Å². The van der Waals surface area contributed by atoms with Gasteiger partial charge in [0.2, 0.25) is 0 Å². The van der Waals surface area contributed by atoms with Gasteiger partial charge in [0.25, 0.3) is 5.91 Å². The Morgan fingerprint density at radius 2 is 1.94 bits per heavy atom. The van der Waals surface area contributed by atoms with E-state index in [1.807, 2.05) is 17.5 Å². The molecule has 11 heteroatoms. The second kappa shape index (κ2) is 8.26. The lowest BCUT2D eigenvalue weighted by Crippen LogP contribution is -2.23. The van der Waals surface area contributed by atoms with Crippen molar-refractivity contribution in [2.75, 3.05) is 0 Å². The van der Waals surface area contributed by atoms with E-state index in [2.05, 4.69) is 25.4 Å². The highest BCUT2D eigenvalue weighted by atomic mass is 32.1. The van der Waals surface area contributed by atoms with Crippen LogP contribution in [0.3, 0.4) is 0 Å². The summed E-state index contributed by atoms with van der Waals surface area (Å²) in [5.41, 5.74) is 1.64. The molecule has 0 aliphatic rings. The first kappa shape index (κ1) is 20.7. The summed E-state index contributed by atoms with van der Waals surface area (Å²) in [6, 6.07) is 5.83. The maximum Gasteiger partial charge on any atom is 0.417 e. The molecule has 0 aliphatic carbocycles. The number of nitrogens with one attached hydrogen (secondary N) is 1. The normalized spacial score (nSPS) is 11.5. The number of pyridine rings is 2. The highest BCUT2D eigenvalue weighted by Gasteiger charge is 2.30. The van der Waals surface area contributed by atoms with Crippen LogP contribution in [0.25, 0.3) is 17.1 Å². The Morgan fingerprint density at radius 3 is 2.61 bits per heavy atom. The van der Waals surface area contributed by atoms with Crippen molar-refractivity contribution in [3.05, 3.63) is 76.3 Å². The van der Waals surface area contributed by atoms with Gasteiger partial charge in [-0.3, -0.25) is 9.78 Å². The molecule has 0 spiro atoms. The Kier molecular flexibility index (Phi) is 5.51. The Bertz CT molecular complexity index is 1200. The molecule has 4 aromatic rings. The van der Waals surface area contributed by atoms with Crippen LogP contribution in [0.2, 0.25) is 0 Å². The van der Waals surface area contributed by atoms with Crippen LogP contribution in [0, 0.1) is 6.92 Å². The smallest absolute Gasteiger partial charge is 0.345 e. The standard InChI is InChI=1S/C20H15F3N6OS/c1-12-15(9-27-29(12)17-3-2-14(8-25-17)20(21,22)23)19(30)26-10-18-28-16(11-31-18)13-4-6-24-7-5-13/h2-9,11H,10H2,1H3,(H,26,30). The number of halogens is 3. The summed E-state index contributed by atoms with van der Waals surface area (Å²) in [4.78, 5) is 24.9. The second-order valence-electron chi connectivity index (χ2n) is 6.50. The van der Waals surface area contributed by atoms with Crippen LogP contribution in [0.1, 0.15) is 26.6 Å². The molecule has 7 nitrogen and oxygen atoms in total. The Morgan fingerprint density at radius 1 is 1.16 bits per heavy atom. The number of carbonyl (C=O) groups is 1. The molecule has 4 aromatic heterocycles. The van der Waals surface area contributed by atoms with Crippen molar-refractivity contribution in [2.45, 2.75) is 19.6 Å². The van der Waals surface area contributed by atoms with E-state index >= 15 is 0 Å². The van der Waals surface area contributed by atoms with E-state index in [0.29, 0.717) is 11.3 Å². The molecule has 4 heterocycles. The van der Waals surface area contributed by atoms with Gasteiger partial charge in [-0.2, -0.15) is 18.3 Å². The maximum atomic E-state index is 12.7. The molecule has 31 heavy (non-hydrogen) atoms. The molecule has 0 atom stereocenters. The van der Waals surface area contributed by atoms with Crippen LogP contribution in [-0.4, -0.2) is 30.6 Å². The summed E-state index contributed by atoms with van der Waals surface area (Å²) in [7, 11) is 0. The number of carbonyl (C=O) groups excluding carboxylic acids is 1. The number of aromatic nitrogens is 5. The summed E-state index contributed by atoms with van der Waals surface area (Å²) < 4.78 is 39.5. The van der Waals surface area contributed by atoms with Gasteiger partial charge in [-0.25, -0.2) is 14.6 Å². The predicted molar refractivity (Wildman–Crippen MR) is 108 cm³/mol. The number of rotatable bonds is 5. The van der Waals surface area contributed by atoms with Crippen molar-refractivity contribution < 1.29 is 18.0 Å². The van der Waals surface area contributed by atoms with E-state index in [9.17, 15) is 18.0 Å². The van der Waals surface area contributed by atoms with Gasteiger partial charge in [0.05, 0.1) is 35.3 Å². The number of nitrogens with zero attached hydrogens (tertiary/aromatic N) is 5. The third-order valence-corrected chi connectivity index (χ3v) is 5.32. The molecule has 0 radical (unpaired) electrons. The predicted octanol–water partition coefficient (Wildman–Crippen LogP) is 4.04. The molecule has 0 saturated carbocycles. The first-order chi connectivity index (χ1) is 14.8. The van der Waals surface area contributed by atoms with Gasteiger partial charge in [0.1, 0.15) is 5.01 Å². The fraction of sp³-hybridized carbons (Fsp3) is 0.150. The molecule has 1 amide bonds. The SMILES string of the molecule is Cc1c(C(=O)NCc2nc(-c3ccncc3)cs2)cnn1-c1ccc(C(F)(F)F)cn1. The molecule has 4 rings (SSSR count). The Balaban J connectivity index is 1.44. The molecule has 0 unspecified atom stereocenters. The summed E-state index contributed by atoms with van der Waals surface area (Å²) >= 11 is 1.42. The van der Waals surface area contributed by atoms with Crippen LogP contribution >= 0.6 is 11.3 Å². The topological polar surface area (TPSA) is 85.6 Å². The van der Waals surface area contributed by atoms with E-state index < -0.39 is 11.7 Å². The number of amides is 1. The molecule has 0 saturated heterocycles. The van der Waals surface area contributed by atoms with E-state index in [1.54, 1.807) is 19.3 Å². The van der Waals surface area contributed by atoms with Gasteiger partial charge in [-0.1, -0.05) is 0 Å². The number of hydrogen-bond acceptors (Lipinski definition) is 6. The van der Waals surface area contributed by atoms with Crippen molar-refractivity contribution >= 4 is 17.2 Å². The fourth-order valence-electron chi connectivity index (χ4n) is 2.84. The third-order valence-electron chi connectivity index (χ3n) is 4.47. The fourth-order valence-corrected chi connectivity index (χ4v) is 3.58. The van der Waals surface area contributed by atoms with Crippen molar-refractivity contribution in [3.8, 4) is 17.1 Å². The first-order valence-electron chi connectivity index (χ1n) is 9.04. The molecular formula is C20H15F3N6OS. The Hall–Kier alpha value is -3.60. The first-order valence-corrected chi connectivity index (χ1v) is 9.92. The minimum Gasteiger partial charge on any atom is -0.345 e. The van der Waals surface area contributed by atoms with E-state index in [4.69, 9.17) is 0 Å². The van der Waals surface area contributed by atoms with Gasteiger partial charge >= 0.3 is 6.18 Å². The number of alkyl halides is 3. The van der Waals surface area contributed by atoms with Crippen LogP contribution < -0.4 is 5.32 Å². The quantitative estimate of drug-likeness (QED) is 0.502. The van der Waals surface area contributed by atoms with Crippen molar-refractivity contribution in [1.82, 2.24) is 30.0 Å². The van der Waals surface area contributed by atoms with Gasteiger partial charge in [0, 0.05) is 29.5 Å². The molecule has 158 valence electrons. The Labute approximate surface area is 178 Å². The van der Waals surface area contributed by atoms with Crippen LogP contribution in [0.15, 0.2) is 54.4 Å². The van der Waals surface area contributed by atoms with Crippen LogP contribution in [0.4, 0.5) is 13.2 Å². The summed E-state index contributed by atoms with van der Waals surface area (Å²) in [6.45, 7) is 1.88. The van der Waals surface area contributed by atoms with Crippen LogP contribution in [0.5, 0.6) is 0 Å². The lowest BCUT2D eigenvalue weighted by molar-refractivity contribution is -0.137. The average Bonchev–Trinajstić information content (AvgIpc) is 3.39. The second-order valence-corrected chi connectivity index (χ2v) is 7.45. The minimum atomic E-state index is -4.47. The zero-order chi connectivity index (χ0) is 22.0. The van der Waals surface area contributed by atoms with Crippen molar-refractivity contribution in [1.29, 1.82) is 0 Å². The van der Waals surface area contributed by atoms with E-state index in [0.717, 1.165) is 28.5 Å². The summed E-state index contributed by atoms with van der Waals surface area (Å²) in [6.07, 6.45) is 0.986. The lowest BCUT2D eigenvalue weighted by atomic mass is 10.2. The number of thiazole rings is 1. The van der Waals surface area contributed by atoms with E-state index in [1.165, 1.54) is 28.3 Å². The van der Waals surface area contributed by atoms with Crippen molar-refractivity contribution in [2.24, 2.45) is 0 Å². The van der Waals surface area contributed by atoms with Gasteiger partial charge < -0.3 is 5.32 Å². The average molecular weight is 444 g/mol. The molecule has 0 aromatic carbocycles. The minimum absolute atomic E-state index is 0.187. The van der Waals surface area contributed by atoms with Gasteiger partial charge in [0.15, 0.2) is 5.82 Å². The zero-order valence-electron chi connectivity index (χ0n) is 16.1. The molecule has 0 aliphatic heterocycles. The zero-order valence-corrected chi connectivity index (χ0v) is 16.9. The number of hydrogen-bond donors (Lipinski definition) is 1. The summed E-state index contributed by atoms with van der Waals surface area (Å²) in [5, 5.41) is 9.51. The highest BCUT2D eigenvalue weighted by Crippen LogP contribution is 2.29.